The van der Waals surface area contributed by atoms with Gasteiger partial charge in [0, 0.05) is 18.2 Å². The summed E-state index contributed by atoms with van der Waals surface area (Å²) in [7, 11) is 0. The number of hydrogen-bond donors (Lipinski definition) is 1. The highest BCUT2D eigenvalue weighted by atomic mass is 16.2. The number of nitrogens with two attached hydrogens (primary N) is 1. The van der Waals surface area contributed by atoms with Gasteiger partial charge in [0.25, 0.3) is 5.91 Å². The minimum atomic E-state index is -0.112. The predicted octanol–water partition coefficient (Wildman–Crippen LogP) is 1.78. The van der Waals surface area contributed by atoms with Crippen molar-refractivity contribution in [2.24, 2.45) is 10.7 Å². The number of aliphatic imine (C=N–C) groups is 1. The normalized spacial score (nSPS) is 21.9. The summed E-state index contributed by atoms with van der Waals surface area (Å²) in [5.74, 6) is -0.112. The molecule has 4 nitrogen and oxygen atoms in total. The summed E-state index contributed by atoms with van der Waals surface area (Å²) in [5, 5.41) is 0. The molecule has 1 aromatic carbocycles. The van der Waals surface area contributed by atoms with Gasteiger partial charge >= 0.3 is 0 Å². The molecule has 1 aliphatic carbocycles. The quantitative estimate of drug-likeness (QED) is 0.829. The second-order valence-electron chi connectivity index (χ2n) is 4.68. The fourth-order valence-corrected chi connectivity index (χ4v) is 2.41. The number of benzene rings is 1. The van der Waals surface area contributed by atoms with E-state index in [4.69, 9.17) is 5.73 Å². The Morgan fingerprint density at radius 1 is 1.32 bits per heavy atom. The van der Waals surface area contributed by atoms with E-state index in [9.17, 15) is 4.79 Å². The van der Waals surface area contributed by atoms with E-state index >= 15 is 0 Å². The maximum atomic E-state index is 12.3. The lowest BCUT2D eigenvalue weighted by atomic mass is 10.0. The maximum absolute atomic E-state index is 12.3. The maximum Gasteiger partial charge on any atom is 0.273 e. The Hall–Kier alpha value is -2.20. The first kappa shape index (κ1) is 11.9. The predicted molar refractivity (Wildman–Crippen MR) is 75.9 cm³/mol. The summed E-state index contributed by atoms with van der Waals surface area (Å²) < 4.78 is 0. The number of fused-ring (bicyclic) bond motifs is 1. The highest BCUT2D eigenvalue weighted by molar-refractivity contribution is 6.34. The third kappa shape index (κ3) is 2.22. The minimum absolute atomic E-state index is 0.0415. The van der Waals surface area contributed by atoms with Crippen molar-refractivity contribution in [2.45, 2.75) is 19.0 Å². The number of allylic oxidation sites excluding steroid dienone is 2. The van der Waals surface area contributed by atoms with Crippen LogP contribution in [0.1, 0.15) is 12.0 Å². The van der Waals surface area contributed by atoms with Crippen LogP contribution in [0.4, 0.5) is 5.69 Å². The SMILES string of the molecule is NC1C=CC=C(N2C(=O)C=NCc3ccccc32)C1. The third-order valence-corrected chi connectivity index (χ3v) is 3.30. The van der Waals surface area contributed by atoms with E-state index in [0.29, 0.717) is 13.0 Å². The van der Waals surface area contributed by atoms with Gasteiger partial charge in [0.1, 0.15) is 0 Å². The zero-order valence-electron chi connectivity index (χ0n) is 10.5. The first-order chi connectivity index (χ1) is 9.25. The van der Waals surface area contributed by atoms with Crippen molar-refractivity contribution >= 4 is 17.8 Å². The van der Waals surface area contributed by atoms with Crippen LogP contribution in [0.5, 0.6) is 0 Å². The van der Waals surface area contributed by atoms with Gasteiger partial charge in [-0.3, -0.25) is 14.7 Å². The smallest absolute Gasteiger partial charge is 0.273 e. The molecule has 1 aromatic rings. The second kappa shape index (κ2) is 4.82. The average molecular weight is 253 g/mol. The van der Waals surface area contributed by atoms with Crippen LogP contribution >= 0.6 is 0 Å². The Bertz CT molecular complexity index is 601. The zero-order valence-corrected chi connectivity index (χ0v) is 10.5. The van der Waals surface area contributed by atoms with E-state index < -0.39 is 0 Å². The fourth-order valence-electron chi connectivity index (χ4n) is 2.41. The Morgan fingerprint density at radius 3 is 3.00 bits per heavy atom. The number of nitrogens with zero attached hydrogens (tertiary/aromatic N) is 2. The van der Waals surface area contributed by atoms with Gasteiger partial charge in [0.2, 0.25) is 0 Å². The largest absolute Gasteiger partial charge is 0.324 e. The molecule has 1 aliphatic heterocycles. The van der Waals surface area contributed by atoms with Gasteiger partial charge in [0.15, 0.2) is 0 Å². The summed E-state index contributed by atoms with van der Waals surface area (Å²) in [5.41, 5.74) is 8.81. The molecule has 0 fully saturated rings. The van der Waals surface area contributed by atoms with E-state index in [-0.39, 0.29) is 11.9 Å². The number of para-hydroxylation sites is 1. The van der Waals surface area contributed by atoms with Gasteiger partial charge in [-0.25, -0.2) is 0 Å². The molecule has 96 valence electrons. The third-order valence-electron chi connectivity index (χ3n) is 3.30. The van der Waals surface area contributed by atoms with Crippen molar-refractivity contribution in [1.29, 1.82) is 0 Å². The van der Waals surface area contributed by atoms with Crippen LogP contribution in [0.15, 0.2) is 53.2 Å². The van der Waals surface area contributed by atoms with Crippen molar-refractivity contribution < 1.29 is 4.79 Å². The zero-order chi connectivity index (χ0) is 13.2. The molecular weight excluding hydrogens is 238 g/mol. The Balaban J connectivity index is 2.08. The van der Waals surface area contributed by atoms with Crippen LogP contribution in [0.2, 0.25) is 0 Å². The van der Waals surface area contributed by atoms with E-state index in [1.165, 1.54) is 6.21 Å². The minimum Gasteiger partial charge on any atom is -0.324 e. The first-order valence-corrected chi connectivity index (χ1v) is 6.30. The van der Waals surface area contributed by atoms with Crippen LogP contribution in [0, 0.1) is 0 Å². The number of carbonyl (C=O) groups excluding carboxylic acids is 1. The Labute approximate surface area is 111 Å². The molecule has 3 rings (SSSR count). The van der Waals surface area contributed by atoms with Crippen LogP contribution in [0.25, 0.3) is 0 Å². The molecule has 0 spiro atoms. The lowest BCUT2D eigenvalue weighted by Crippen LogP contribution is -2.34. The van der Waals surface area contributed by atoms with Crippen LogP contribution in [0.3, 0.4) is 0 Å². The summed E-state index contributed by atoms with van der Waals surface area (Å²) in [6, 6.07) is 7.80. The molecule has 2 N–H and O–H groups in total. The summed E-state index contributed by atoms with van der Waals surface area (Å²) in [4.78, 5) is 18.1. The monoisotopic (exact) mass is 253 g/mol. The number of carbonyl (C=O) groups is 1. The topological polar surface area (TPSA) is 58.7 Å². The Kier molecular flexibility index (Phi) is 3.01. The first-order valence-electron chi connectivity index (χ1n) is 6.30. The summed E-state index contributed by atoms with van der Waals surface area (Å²) in [6.45, 7) is 0.535. The molecule has 0 saturated heterocycles. The van der Waals surface area contributed by atoms with Gasteiger partial charge in [-0.05, 0) is 17.7 Å². The van der Waals surface area contributed by atoms with Gasteiger partial charge in [-0.1, -0.05) is 30.4 Å². The number of anilines is 1. The van der Waals surface area contributed by atoms with Crippen LogP contribution in [-0.2, 0) is 11.3 Å². The molecule has 19 heavy (non-hydrogen) atoms. The van der Waals surface area contributed by atoms with Crippen molar-refractivity contribution in [3.05, 3.63) is 53.8 Å². The fraction of sp³-hybridized carbons (Fsp3) is 0.200. The summed E-state index contributed by atoms with van der Waals surface area (Å²) in [6.07, 6.45) is 7.83. The molecule has 0 bridgehead atoms. The molecule has 2 aliphatic rings. The molecule has 0 saturated carbocycles. The van der Waals surface area contributed by atoms with Crippen molar-refractivity contribution in [3.63, 3.8) is 0 Å². The molecular formula is C15H15N3O. The molecule has 0 radical (unpaired) electrons. The van der Waals surface area contributed by atoms with Crippen LogP contribution in [-0.4, -0.2) is 18.2 Å². The van der Waals surface area contributed by atoms with E-state index in [2.05, 4.69) is 4.99 Å². The van der Waals surface area contributed by atoms with Crippen molar-refractivity contribution in [2.75, 3.05) is 4.90 Å². The van der Waals surface area contributed by atoms with E-state index in [1.807, 2.05) is 42.5 Å². The molecule has 0 aromatic heterocycles. The Morgan fingerprint density at radius 2 is 2.16 bits per heavy atom. The van der Waals surface area contributed by atoms with Gasteiger partial charge in [-0.2, -0.15) is 0 Å². The molecule has 1 unspecified atom stereocenters. The van der Waals surface area contributed by atoms with Crippen LogP contribution < -0.4 is 10.6 Å². The van der Waals surface area contributed by atoms with Crippen molar-refractivity contribution in [1.82, 2.24) is 0 Å². The molecule has 1 heterocycles. The average Bonchev–Trinajstić information content (AvgIpc) is 2.57. The van der Waals surface area contributed by atoms with Gasteiger partial charge in [0.05, 0.1) is 18.4 Å². The molecule has 1 amide bonds. The van der Waals surface area contributed by atoms with Crippen molar-refractivity contribution in [3.8, 4) is 0 Å². The van der Waals surface area contributed by atoms with E-state index in [0.717, 1.165) is 16.9 Å². The number of rotatable bonds is 1. The highest BCUT2D eigenvalue weighted by Gasteiger charge is 2.24. The van der Waals surface area contributed by atoms with Gasteiger partial charge < -0.3 is 5.73 Å². The van der Waals surface area contributed by atoms with E-state index in [1.54, 1.807) is 4.90 Å². The molecule has 4 heteroatoms. The second-order valence-corrected chi connectivity index (χ2v) is 4.68. The highest BCUT2D eigenvalue weighted by Crippen LogP contribution is 2.29. The van der Waals surface area contributed by atoms with Gasteiger partial charge in [-0.15, -0.1) is 0 Å². The standard InChI is InChI=1S/C15H15N3O/c16-12-5-3-6-13(8-12)18-14-7-2-1-4-11(14)9-17-10-15(18)19/h1-7,10,12H,8-9,16H2. The lowest BCUT2D eigenvalue weighted by Gasteiger charge is -2.27. The lowest BCUT2D eigenvalue weighted by molar-refractivity contribution is -0.111. The number of hydrogen-bond acceptors (Lipinski definition) is 3. The summed E-state index contributed by atoms with van der Waals surface area (Å²) >= 11 is 0. The molecule has 1 atom stereocenters. The number of amides is 1.